The van der Waals surface area contributed by atoms with Crippen molar-refractivity contribution in [1.29, 1.82) is 0 Å². The molecular formula is C25H32N4O6S. The van der Waals surface area contributed by atoms with E-state index in [1.165, 1.54) is 42.8 Å². The Labute approximate surface area is 211 Å². The molecule has 1 heterocycles. The average molecular weight is 517 g/mol. The lowest BCUT2D eigenvalue weighted by atomic mass is 10.2. The van der Waals surface area contributed by atoms with Gasteiger partial charge in [-0.05, 0) is 49.2 Å². The number of benzene rings is 2. The predicted molar refractivity (Wildman–Crippen MR) is 136 cm³/mol. The molecule has 0 aliphatic carbocycles. The van der Waals surface area contributed by atoms with Crippen LogP contribution in [0.2, 0.25) is 0 Å². The molecule has 194 valence electrons. The topological polar surface area (TPSA) is 124 Å². The largest absolute Gasteiger partial charge is 0.493 e. The van der Waals surface area contributed by atoms with Crippen molar-refractivity contribution in [2.75, 3.05) is 32.6 Å². The maximum absolute atomic E-state index is 13.1. The molecule has 0 bridgehead atoms. The van der Waals surface area contributed by atoms with Gasteiger partial charge in [0.05, 0.1) is 24.7 Å². The van der Waals surface area contributed by atoms with Gasteiger partial charge in [0.2, 0.25) is 10.0 Å². The molecule has 1 amide bonds. The van der Waals surface area contributed by atoms with E-state index < -0.39 is 15.9 Å². The Hall–Kier alpha value is -3.44. The molecule has 11 heteroatoms. The van der Waals surface area contributed by atoms with Gasteiger partial charge in [-0.1, -0.05) is 37.9 Å². The minimum absolute atomic E-state index is 0.109. The number of nitrogens with zero attached hydrogens (tertiary/aromatic N) is 3. The summed E-state index contributed by atoms with van der Waals surface area (Å²) in [4.78, 5) is 12.9. The summed E-state index contributed by atoms with van der Waals surface area (Å²) in [5.74, 6) is 0.546. The summed E-state index contributed by atoms with van der Waals surface area (Å²) in [6, 6.07) is 10.9. The fourth-order valence-electron chi connectivity index (χ4n) is 3.56. The molecule has 0 fully saturated rings. The van der Waals surface area contributed by atoms with Crippen molar-refractivity contribution >= 4 is 21.9 Å². The van der Waals surface area contributed by atoms with Crippen LogP contribution >= 0.6 is 0 Å². The second kappa shape index (κ2) is 12.5. The molecule has 2 aromatic carbocycles. The van der Waals surface area contributed by atoms with Crippen LogP contribution in [0.3, 0.4) is 0 Å². The number of sulfonamides is 1. The molecule has 0 unspecified atom stereocenters. The van der Waals surface area contributed by atoms with E-state index in [0.717, 1.165) is 25.7 Å². The summed E-state index contributed by atoms with van der Waals surface area (Å²) < 4.78 is 44.0. The van der Waals surface area contributed by atoms with Crippen molar-refractivity contribution in [1.82, 2.24) is 14.5 Å². The highest BCUT2D eigenvalue weighted by Gasteiger charge is 2.24. The van der Waals surface area contributed by atoms with Crippen LogP contribution in [0.1, 0.15) is 49.9 Å². The van der Waals surface area contributed by atoms with E-state index in [2.05, 4.69) is 15.5 Å². The van der Waals surface area contributed by atoms with Crippen LogP contribution in [0.5, 0.6) is 11.5 Å². The SMILES string of the molecule is CCCCN(CCCC)S(=O)(=O)c1ccc(C(=O)Nc2nnc(-c3cccc(OC)c3OC)o2)cc1. The van der Waals surface area contributed by atoms with Gasteiger partial charge in [-0.2, -0.15) is 4.31 Å². The molecule has 0 radical (unpaired) electrons. The van der Waals surface area contributed by atoms with Crippen LogP contribution < -0.4 is 14.8 Å². The van der Waals surface area contributed by atoms with Gasteiger partial charge in [0.15, 0.2) is 11.5 Å². The summed E-state index contributed by atoms with van der Waals surface area (Å²) in [7, 11) is -0.631. The van der Waals surface area contributed by atoms with Gasteiger partial charge in [0.25, 0.3) is 11.8 Å². The lowest BCUT2D eigenvalue weighted by Gasteiger charge is -2.22. The van der Waals surface area contributed by atoms with Crippen LogP contribution in [-0.4, -0.2) is 56.1 Å². The summed E-state index contributed by atoms with van der Waals surface area (Å²) in [6.45, 7) is 4.99. The van der Waals surface area contributed by atoms with Crippen molar-refractivity contribution in [3.63, 3.8) is 0 Å². The van der Waals surface area contributed by atoms with Crippen molar-refractivity contribution in [3.8, 4) is 23.0 Å². The smallest absolute Gasteiger partial charge is 0.322 e. The fourth-order valence-corrected chi connectivity index (χ4v) is 5.07. The Bertz CT molecular complexity index is 1250. The predicted octanol–water partition coefficient (Wildman–Crippen LogP) is 4.60. The van der Waals surface area contributed by atoms with E-state index in [1.54, 1.807) is 18.2 Å². The molecule has 3 aromatic rings. The highest BCUT2D eigenvalue weighted by Crippen LogP contribution is 2.37. The van der Waals surface area contributed by atoms with Crippen molar-refractivity contribution in [3.05, 3.63) is 48.0 Å². The molecule has 1 N–H and O–H groups in total. The highest BCUT2D eigenvalue weighted by molar-refractivity contribution is 7.89. The van der Waals surface area contributed by atoms with E-state index in [-0.39, 0.29) is 22.4 Å². The van der Waals surface area contributed by atoms with E-state index in [1.807, 2.05) is 13.8 Å². The molecule has 0 saturated carbocycles. The van der Waals surface area contributed by atoms with E-state index >= 15 is 0 Å². The number of methoxy groups -OCH3 is 2. The number of anilines is 1. The average Bonchev–Trinajstić information content (AvgIpc) is 3.36. The van der Waals surface area contributed by atoms with Gasteiger partial charge < -0.3 is 13.9 Å². The van der Waals surface area contributed by atoms with Crippen molar-refractivity contribution in [2.45, 2.75) is 44.4 Å². The van der Waals surface area contributed by atoms with Crippen LogP contribution in [-0.2, 0) is 10.0 Å². The first-order valence-electron chi connectivity index (χ1n) is 11.8. The number of carbonyl (C=O) groups is 1. The van der Waals surface area contributed by atoms with Crippen LogP contribution in [0.25, 0.3) is 11.5 Å². The Balaban J connectivity index is 1.74. The zero-order chi connectivity index (χ0) is 26.1. The molecule has 0 saturated heterocycles. The highest BCUT2D eigenvalue weighted by atomic mass is 32.2. The van der Waals surface area contributed by atoms with Crippen LogP contribution in [0.4, 0.5) is 6.01 Å². The lowest BCUT2D eigenvalue weighted by Crippen LogP contribution is -2.33. The maximum Gasteiger partial charge on any atom is 0.322 e. The summed E-state index contributed by atoms with van der Waals surface area (Å²) in [5, 5.41) is 10.4. The third-order valence-electron chi connectivity index (χ3n) is 5.56. The fraction of sp³-hybridized carbons (Fsp3) is 0.400. The van der Waals surface area contributed by atoms with E-state index in [4.69, 9.17) is 13.9 Å². The number of aromatic nitrogens is 2. The van der Waals surface area contributed by atoms with Gasteiger partial charge in [0.1, 0.15) is 0 Å². The van der Waals surface area contributed by atoms with Gasteiger partial charge >= 0.3 is 6.01 Å². The van der Waals surface area contributed by atoms with E-state index in [0.29, 0.717) is 30.2 Å². The molecular weight excluding hydrogens is 484 g/mol. The van der Waals surface area contributed by atoms with Gasteiger partial charge in [-0.25, -0.2) is 8.42 Å². The number of hydrogen-bond donors (Lipinski definition) is 1. The number of para-hydroxylation sites is 1. The molecule has 0 atom stereocenters. The molecule has 1 aromatic heterocycles. The number of unbranched alkanes of at least 4 members (excludes halogenated alkanes) is 2. The number of carbonyl (C=O) groups excluding carboxylic acids is 1. The first-order valence-corrected chi connectivity index (χ1v) is 13.3. The summed E-state index contributed by atoms with van der Waals surface area (Å²) >= 11 is 0. The van der Waals surface area contributed by atoms with Crippen LogP contribution in [0.15, 0.2) is 51.8 Å². The zero-order valence-electron chi connectivity index (χ0n) is 21.0. The first-order chi connectivity index (χ1) is 17.3. The third kappa shape index (κ3) is 6.21. The third-order valence-corrected chi connectivity index (χ3v) is 7.47. The summed E-state index contributed by atoms with van der Waals surface area (Å²) in [6.07, 6.45) is 3.38. The standard InChI is InChI=1S/C25H32N4O6S/c1-5-7-16-29(17-8-6-2)36(31,32)19-14-12-18(13-15-19)23(30)26-25-28-27-24(35-25)20-10-9-11-21(33-3)22(20)34-4/h9-15H,5-8,16-17H2,1-4H3,(H,26,28,30). The molecule has 0 spiro atoms. The molecule has 0 aliphatic rings. The number of amides is 1. The number of ether oxygens (including phenoxy) is 2. The van der Waals surface area contributed by atoms with E-state index in [9.17, 15) is 13.2 Å². The van der Waals surface area contributed by atoms with Crippen molar-refractivity contribution in [2.24, 2.45) is 0 Å². The van der Waals surface area contributed by atoms with Gasteiger partial charge in [-0.3, -0.25) is 10.1 Å². The molecule has 3 rings (SSSR count). The van der Waals surface area contributed by atoms with Gasteiger partial charge in [-0.15, -0.1) is 5.10 Å². The Morgan fingerprint density at radius 3 is 2.22 bits per heavy atom. The Morgan fingerprint density at radius 1 is 0.972 bits per heavy atom. The Kier molecular flexibility index (Phi) is 9.43. The minimum Gasteiger partial charge on any atom is -0.493 e. The zero-order valence-corrected chi connectivity index (χ0v) is 21.8. The second-order valence-corrected chi connectivity index (χ2v) is 9.98. The number of nitrogens with one attached hydrogen (secondary N) is 1. The van der Waals surface area contributed by atoms with Gasteiger partial charge in [0, 0.05) is 18.7 Å². The minimum atomic E-state index is -3.65. The lowest BCUT2D eigenvalue weighted by molar-refractivity contribution is 0.102. The van der Waals surface area contributed by atoms with Crippen molar-refractivity contribution < 1.29 is 27.1 Å². The molecule has 36 heavy (non-hydrogen) atoms. The number of rotatable bonds is 13. The molecule has 0 aliphatic heterocycles. The monoisotopic (exact) mass is 516 g/mol. The summed E-state index contributed by atoms with van der Waals surface area (Å²) in [5.41, 5.74) is 0.761. The number of hydrogen-bond acceptors (Lipinski definition) is 8. The Morgan fingerprint density at radius 2 is 1.64 bits per heavy atom. The second-order valence-electron chi connectivity index (χ2n) is 8.04. The maximum atomic E-state index is 13.1. The molecule has 10 nitrogen and oxygen atoms in total. The van der Waals surface area contributed by atoms with Crippen LogP contribution in [0, 0.1) is 0 Å². The first kappa shape index (κ1) is 27.2. The quantitative estimate of drug-likeness (QED) is 0.350. The normalized spacial score (nSPS) is 11.5.